The number of rotatable bonds is 5. The Bertz CT molecular complexity index is 364. The fraction of sp³-hybridized carbons (Fsp3) is 0.417. The predicted molar refractivity (Wildman–Crippen MR) is 64.7 cm³/mol. The summed E-state index contributed by atoms with van der Waals surface area (Å²) in [6.07, 6.45) is 0. The fourth-order valence-corrected chi connectivity index (χ4v) is 1.66. The van der Waals surface area contributed by atoms with E-state index in [4.69, 9.17) is 5.11 Å². The summed E-state index contributed by atoms with van der Waals surface area (Å²) in [4.78, 5) is 14.4. The van der Waals surface area contributed by atoms with Gasteiger partial charge in [0.2, 0.25) is 0 Å². The number of carbonyl (C=O) groups is 1. The molecule has 16 heavy (non-hydrogen) atoms. The SMILES string of the molecule is CN(CC(=O)O)Cc1ccccc1N(C)C. The number of carboxylic acids is 1. The molecule has 1 N–H and O–H groups in total. The average molecular weight is 222 g/mol. The van der Waals surface area contributed by atoms with Crippen LogP contribution in [0, 0.1) is 0 Å². The van der Waals surface area contributed by atoms with Gasteiger partial charge in [-0.15, -0.1) is 0 Å². The summed E-state index contributed by atoms with van der Waals surface area (Å²) < 4.78 is 0. The van der Waals surface area contributed by atoms with E-state index in [0.29, 0.717) is 6.54 Å². The lowest BCUT2D eigenvalue weighted by Crippen LogP contribution is -2.26. The number of anilines is 1. The van der Waals surface area contributed by atoms with E-state index in [9.17, 15) is 4.79 Å². The van der Waals surface area contributed by atoms with Gasteiger partial charge in [-0.2, -0.15) is 0 Å². The Kier molecular flexibility index (Phi) is 4.31. The van der Waals surface area contributed by atoms with Crippen LogP contribution in [0.4, 0.5) is 5.69 Å². The van der Waals surface area contributed by atoms with Gasteiger partial charge in [-0.3, -0.25) is 9.69 Å². The molecule has 0 aliphatic rings. The van der Waals surface area contributed by atoms with Crippen LogP contribution >= 0.6 is 0 Å². The Hall–Kier alpha value is -1.55. The highest BCUT2D eigenvalue weighted by molar-refractivity contribution is 5.69. The number of hydrogen-bond acceptors (Lipinski definition) is 3. The van der Waals surface area contributed by atoms with Gasteiger partial charge in [0.25, 0.3) is 0 Å². The first-order chi connectivity index (χ1) is 7.50. The first kappa shape index (κ1) is 12.5. The van der Waals surface area contributed by atoms with Crippen molar-refractivity contribution < 1.29 is 9.90 Å². The second-order valence-corrected chi connectivity index (χ2v) is 4.09. The molecular weight excluding hydrogens is 204 g/mol. The number of benzene rings is 1. The maximum atomic E-state index is 10.6. The van der Waals surface area contributed by atoms with Gasteiger partial charge in [0.1, 0.15) is 0 Å². The number of nitrogens with zero attached hydrogens (tertiary/aromatic N) is 2. The number of hydrogen-bond donors (Lipinski definition) is 1. The van der Waals surface area contributed by atoms with Crippen molar-refractivity contribution in [3.05, 3.63) is 29.8 Å². The molecule has 0 bridgehead atoms. The Morgan fingerprint density at radius 2 is 1.88 bits per heavy atom. The maximum absolute atomic E-state index is 10.6. The third-order valence-electron chi connectivity index (χ3n) is 2.32. The highest BCUT2D eigenvalue weighted by atomic mass is 16.4. The van der Waals surface area contributed by atoms with Crippen molar-refractivity contribution in [1.29, 1.82) is 0 Å². The van der Waals surface area contributed by atoms with E-state index in [0.717, 1.165) is 11.3 Å². The van der Waals surface area contributed by atoms with Crippen molar-refractivity contribution in [2.75, 3.05) is 32.6 Å². The molecule has 0 radical (unpaired) electrons. The minimum atomic E-state index is -0.801. The van der Waals surface area contributed by atoms with Crippen LogP contribution in [0.2, 0.25) is 0 Å². The molecule has 0 fully saturated rings. The molecule has 0 unspecified atom stereocenters. The summed E-state index contributed by atoms with van der Waals surface area (Å²) >= 11 is 0. The molecule has 0 aromatic heterocycles. The molecule has 0 saturated carbocycles. The summed E-state index contributed by atoms with van der Waals surface area (Å²) in [7, 11) is 5.77. The van der Waals surface area contributed by atoms with Crippen molar-refractivity contribution in [3.8, 4) is 0 Å². The smallest absolute Gasteiger partial charge is 0.317 e. The highest BCUT2D eigenvalue weighted by Crippen LogP contribution is 2.18. The zero-order valence-electron chi connectivity index (χ0n) is 9.97. The zero-order chi connectivity index (χ0) is 12.1. The van der Waals surface area contributed by atoms with Gasteiger partial charge in [0.05, 0.1) is 6.54 Å². The molecule has 0 amide bonds. The van der Waals surface area contributed by atoms with Gasteiger partial charge in [-0.25, -0.2) is 0 Å². The van der Waals surface area contributed by atoms with Crippen molar-refractivity contribution in [3.63, 3.8) is 0 Å². The van der Waals surface area contributed by atoms with Crippen LogP contribution < -0.4 is 4.90 Å². The molecule has 88 valence electrons. The van der Waals surface area contributed by atoms with E-state index >= 15 is 0 Å². The standard InChI is InChI=1S/C12H18N2O2/c1-13(2)11-7-5-4-6-10(11)8-14(3)9-12(15)16/h4-7H,8-9H2,1-3H3,(H,15,16). The Balaban J connectivity index is 2.76. The molecule has 4 heteroatoms. The Morgan fingerprint density at radius 3 is 2.44 bits per heavy atom. The van der Waals surface area contributed by atoms with Crippen LogP contribution in [-0.2, 0) is 11.3 Å². The Morgan fingerprint density at radius 1 is 1.25 bits per heavy atom. The normalized spacial score (nSPS) is 10.5. The van der Waals surface area contributed by atoms with Crippen molar-refractivity contribution in [2.24, 2.45) is 0 Å². The van der Waals surface area contributed by atoms with Crippen LogP contribution in [0.25, 0.3) is 0 Å². The summed E-state index contributed by atoms with van der Waals surface area (Å²) in [6, 6.07) is 8.00. The number of aliphatic carboxylic acids is 1. The van der Waals surface area contributed by atoms with E-state index in [2.05, 4.69) is 0 Å². The lowest BCUT2D eigenvalue weighted by atomic mass is 10.1. The van der Waals surface area contributed by atoms with Gasteiger partial charge in [-0.05, 0) is 18.7 Å². The molecule has 0 saturated heterocycles. The summed E-state index contributed by atoms with van der Waals surface area (Å²) in [5.41, 5.74) is 2.26. The minimum Gasteiger partial charge on any atom is -0.480 e. The molecule has 0 spiro atoms. The summed E-state index contributed by atoms with van der Waals surface area (Å²) in [6.45, 7) is 0.697. The molecule has 4 nitrogen and oxygen atoms in total. The highest BCUT2D eigenvalue weighted by Gasteiger charge is 2.08. The van der Waals surface area contributed by atoms with E-state index < -0.39 is 5.97 Å². The lowest BCUT2D eigenvalue weighted by Gasteiger charge is -2.20. The van der Waals surface area contributed by atoms with Crippen molar-refractivity contribution in [2.45, 2.75) is 6.54 Å². The minimum absolute atomic E-state index is 0.0573. The third-order valence-corrected chi connectivity index (χ3v) is 2.32. The van der Waals surface area contributed by atoms with Crippen molar-refractivity contribution >= 4 is 11.7 Å². The van der Waals surface area contributed by atoms with Crippen LogP contribution in [-0.4, -0.2) is 43.7 Å². The first-order valence-electron chi connectivity index (χ1n) is 5.16. The molecule has 1 rings (SSSR count). The maximum Gasteiger partial charge on any atom is 0.317 e. The molecule has 0 heterocycles. The molecule has 1 aromatic rings. The second-order valence-electron chi connectivity index (χ2n) is 4.09. The van der Waals surface area contributed by atoms with Gasteiger partial charge in [0.15, 0.2) is 0 Å². The predicted octanol–water partition coefficient (Wildman–Crippen LogP) is 1.27. The zero-order valence-corrected chi connectivity index (χ0v) is 9.97. The fourth-order valence-electron chi connectivity index (χ4n) is 1.66. The lowest BCUT2D eigenvalue weighted by molar-refractivity contribution is -0.138. The van der Waals surface area contributed by atoms with E-state index in [-0.39, 0.29) is 6.54 Å². The Labute approximate surface area is 96.1 Å². The largest absolute Gasteiger partial charge is 0.480 e. The van der Waals surface area contributed by atoms with E-state index in [1.54, 1.807) is 11.9 Å². The van der Waals surface area contributed by atoms with E-state index in [1.807, 2.05) is 43.3 Å². The van der Waals surface area contributed by atoms with Crippen LogP contribution in [0.15, 0.2) is 24.3 Å². The molecular formula is C12H18N2O2. The third kappa shape index (κ3) is 3.55. The van der Waals surface area contributed by atoms with Gasteiger partial charge in [-0.1, -0.05) is 18.2 Å². The molecule has 1 aromatic carbocycles. The molecule has 0 aliphatic carbocycles. The van der Waals surface area contributed by atoms with Crippen LogP contribution in [0.1, 0.15) is 5.56 Å². The summed E-state index contributed by atoms with van der Waals surface area (Å²) in [5.74, 6) is -0.801. The second kappa shape index (κ2) is 5.51. The van der Waals surface area contributed by atoms with Crippen molar-refractivity contribution in [1.82, 2.24) is 4.90 Å². The first-order valence-corrected chi connectivity index (χ1v) is 5.16. The van der Waals surface area contributed by atoms with E-state index in [1.165, 1.54) is 0 Å². The topological polar surface area (TPSA) is 43.8 Å². The quantitative estimate of drug-likeness (QED) is 0.814. The number of para-hydroxylation sites is 1. The summed E-state index contributed by atoms with van der Waals surface area (Å²) in [5, 5.41) is 8.69. The average Bonchev–Trinajstić information content (AvgIpc) is 2.16. The molecule has 0 aliphatic heterocycles. The van der Waals surface area contributed by atoms with Crippen LogP contribution in [0.5, 0.6) is 0 Å². The van der Waals surface area contributed by atoms with Gasteiger partial charge in [0, 0.05) is 26.3 Å². The van der Waals surface area contributed by atoms with Gasteiger partial charge < -0.3 is 10.0 Å². The number of likely N-dealkylation sites (N-methyl/N-ethyl adjacent to an activating group) is 1. The molecule has 0 atom stereocenters. The van der Waals surface area contributed by atoms with Gasteiger partial charge >= 0.3 is 5.97 Å². The van der Waals surface area contributed by atoms with Crippen LogP contribution in [0.3, 0.4) is 0 Å². The number of carboxylic acid groups (broad SMARTS) is 1. The monoisotopic (exact) mass is 222 g/mol.